The van der Waals surface area contributed by atoms with Gasteiger partial charge in [0.2, 0.25) is 0 Å². The molecule has 0 saturated carbocycles. The Morgan fingerprint density at radius 1 is 1.00 bits per heavy atom. The van der Waals surface area contributed by atoms with Gasteiger partial charge in [-0.3, -0.25) is 14.6 Å². The van der Waals surface area contributed by atoms with Crippen LogP contribution in [0.2, 0.25) is 0 Å². The molecule has 0 aliphatic heterocycles. The minimum atomic E-state index is -0.374. The second kappa shape index (κ2) is 6.87. The van der Waals surface area contributed by atoms with E-state index in [-0.39, 0.29) is 17.5 Å². The van der Waals surface area contributed by atoms with Crippen LogP contribution in [0.3, 0.4) is 0 Å². The first-order valence-corrected chi connectivity index (χ1v) is 7.59. The molecule has 2 aromatic carbocycles. The van der Waals surface area contributed by atoms with Crippen molar-refractivity contribution in [1.82, 2.24) is 15.3 Å². The molecule has 0 fully saturated rings. The summed E-state index contributed by atoms with van der Waals surface area (Å²) in [6.07, 6.45) is 1.44. The topological polar surface area (TPSA) is 84.0 Å². The van der Waals surface area contributed by atoms with Crippen LogP contribution in [0, 0.1) is 0 Å². The second-order valence-corrected chi connectivity index (χ2v) is 5.14. The fraction of sp³-hybridized carbons (Fsp3) is 0.111. The summed E-state index contributed by atoms with van der Waals surface area (Å²) in [4.78, 5) is 32.7. The zero-order valence-corrected chi connectivity index (χ0v) is 13.1. The summed E-state index contributed by atoms with van der Waals surface area (Å²) in [7, 11) is 0. The monoisotopic (exact) mass is 320 g/mol. The van der Waals surface area contributed by atoms with Gasteiger partial charge in [0.25, 0.3) is 11.8 Å². The molecule has 0 spiro atoms. The number of benzene rings is 2. The standard InChI is InChI=1S/C18H16N4O2/c1-2-19-17(23)12-6-5-7-13(10-12)21-18(24)16-11-20-14-8-3-4-9-15(14)22-16/h3-11H,2H2,1H3,(H,19,23)(H,21,24). The molecule has 0 radical (unpaired) electrons. The first kappa shape index (κ1) is 15.6. The number of fused-ring (bicyclic) bond motifs is 1. The molecule has 3 rings (SSSR count). The molecule has 0 atom stereocenters. The van der Waals surface area contributed by atoms with Crippen molar-refractivity contribution in [3.8, 4) is 0 Å². The molecule has 0 unspecified atom stereocenters. The molecule has 1 aromatic heterocycles. The third kappa shape index (κ3) is 3.38. The summed E-state index contributed by atoms with van der Waals surface area (Å²) in [6.45, 7) is 2.39. The molecule has 0 aliphatic carbocycles. The number of nitrogens with zero attached hydrogens (tertiary/aromatic N) is 2. The van der Waals surface area contributed by atoms with Gasteiger partial charge in [-0.05, 0) is 37.3 Å². The van der Waals surface area contributed by atoms with E-state index in [1.807, 2.05) is 25.1 Å². The highest BCUT2D eigenvalue weighted by Crippen LogP contribution is 2.13. The molecule has 6 heteroatoms. The van der Waals surface area contributed by atoms with Crippen LogP contribution in [0.15, 0.2) is 54.7 Å². The van der Waals surface area contributed by atoms with Gasteiger partial charge in [-0.15, -0.1) is 0 Å². The van der Waals surface area contributed by atoms with Crippen molar-refractivity contribution >= 4 is 28.5 Å². The van der Waals surface area contributed by atoms with E-state index in [0.29, 0.717) is 23.3 Å². The quantitative estimate of drug-likeness (QED) is 0.774. The molecule has 0 bridgehead atoms. The van der Waals surface area contributed by atoms with Crippen molar-refractivity contribution < 1.29 is 9.59 Å². The Kier molecular flexibility index (Phi) is 4.47. The van der Waals surface area contributed by atoms with E-state index in [1.165, 1.54) is 6.20 Å². The maximum absolute atomic E-state index is 12.4. The van der Waals surface area contributed by atoms with Crippen molar-refractivity contribution in [2.75, 3.05) is 11.9 Å². The molecular weight excluding hydrogens is 304 g/mol. The molecule has 2 amide bonds. The molecule has 120 valence electrons. The van der Waals surface area contributed by atoms with Gasteiger partial charge in [-0.1, -0.05) is 18.2 Å². The van der Waals surface area contributed by atoms with E-state index >= 15 is 0 Å². The molecule has 3 aromatic rings. The number of hydrogen-bond donors (Lipinski definition) is 2. The lowest BCUT2D eigenvalue weighted by Crippen LogP contribution is -2.22. The molecule has 2 N–H and O–H groups in total. The van der Waals surface area contributed by atoms with Gasteiger partial charge in [-0.25, -0.2) is 4.98 Å². The predicted octanol–water partition coefficient (Wildman–Crippen LogP) is 2.63. The lowest BCUT2D eigenvalue weighted by molar-refractivity contribution is 0.0954. The Balaban J connectivity index is 1.80. The van der Waals surface area contributed by atoms with Crippen LogP contribution in [-0.2, 0) is 0 Å². The summed E-state index contributed by atoms with van der Waals surface area (Å²) < 4.78 is 0. The molecule has 0 aliphatic rings. The molecule has 1 heterocycles. The van der Waals surface area contributed by atoms with Crippen molar-refractivity contribution in [1.29, 1.82) is 0 Å². The maximum Gasteiger partial charge on any atom is 0.275 e. The summed E-state index contributed by atoms with van der Waals surface area (Å²) in [5.74, 6) is -0.555. The largest absolute Gasteiger partial charge is 0.352 e. The highest BCUT2D eigenvalue weighted by Gasteiger charge is 2.11. The number of aromatic nitrogens is 2. The normalized spacial score (nSPS) is 10.4. The van der Waals surface area contributed by atoms with Gasteiger partial charge in [0.15, 0.2) is 0 Å². The van der Waals surface area contributed by atoms with Crippen LogP contribution in [0.5, 0.6) is 0 Å². The Morgan fingerprint density at radius 2 is 1.79 bits per heavy atom. The van der Waals surface area contributed by atoms with Gasteiger partial charge in [0.1, 0.15) is 5.69 Å². The van der Waals surface area contributed by atoms with E-state index in [2.05, 4.69) is 20.6 Å². The lowest BCUT2D eigenvalue weighted by Gasteiger charge is -2.07. The minimum absolute atomic E-state index is 0.181. The number of amides is 2. The van der Waals surface area contributed by atoms with Crippen molar-refractivity contribution in [3.63, 3.8) is 0 Å². The van der Waals surface area contributed by atoms with E-state index < -0.39 is 0 Å². The van der Waals surface area contributed by atoms with Gasteiger partial charge in [0, 0.05) is 17.8 Å². The Labute approximate surface area is 138 Å². The fourth-order valence-corrected chi connectivity index (χ4v) is 2.26. The second-order valence-electron chi connectivity index (χ2n) is 5.14. The van der Waals surface area contributed by atoms with Crippen LogP contribution in [0.25, 0.3) is 11.0 Å². The van der Waals surface area contributed by atoms with Crippen LogP contribution in [0.4, 0.5) is 5.69 Å². The number of carbonyl (C=O) groups excluding carboxylic acids is 2. The SMILES string of the molecule is CCNC(=O)c1cccc(NC(=O)c2cnc3ccccc3n2)c1. The van der Waals surface area contributed by atoms with Crippen molar-refractivity contribution in [3.05, 3.63) is 66.0 Å². The Bertz CT molecular complexity index is 908. The third-order valence-electron chi connectivity index (χ3n) is 3.40. The first-order chi connectivity index (χ1) is 11.7. The molecule has 24 heavy (non-hydrogen) atoms. The number of nitrogens with one attached hydrogen (secondary N) is 2. The number of carbonyl (C=O) groups is 2. The Hall–Kier alpha value is -3.28. The zero-order valence-electron chi connectivity index (χ0n) is 13.1. The van der Waals surface area contributed by atoms with E-state index in [0.717, 1.165) is 5.52 Å². The van der Waals surface area contributed by atoms with Crippen LogP contribution in [-0.4, -0.2) is 28.3 Å². The van der Waals surface area contributed by atoms with Crippen molar-refractivity contribution in [2.24, 2.45) is 0 Å². The lowest BCUT2D eigenvalue weighted by atomic mass is 10.2. The highest BCUT2D eigenvalue weighted by atomic mass is 16.2. The molecule has 6 nitrogen and oxygen atoms in total. The molecule has 0 saturated heterocycles. The first-order valence-electron chi connectivity index (χ1n) is 7.59. The van der Waals surface area contributed by atoms with Crippen LogP contribution in [0.1, 0.15) is 27.8 Å². The predicted molar refractivity (Wildman–Crippen MR) is 91.9 cm³/mol. The number of rotatable bonds is 4. The highest BCUT2D eigenvalue weighted by molar-refractivity contribution is 6.04. The van der Waals surface area contributed by atoms with Gasteiger partial charge < -0.3 is 10.6 Å². The zero-order chi connectivity index (χ0) is 16.9. The smallest absolute Gasteiger partial charge is 0.275 e. The summed E-state index contributed by atoms with van der Waals surface area (Å²) in [6, 6.07) is 14.1. The number of anilines is 1. The molecular formula is C18H16N4O2. The number of para-hydroxylation sites is 2. The fourth-order valence-electron chi connectivity index (χ4n) is 2.26. The van der Waals surface area contributed by atoms with Gasteiger partial charge >= 0.3 is 0 Å². The third-order valence-corrected chi connectivity index (χ3v) is 3.40. The van der Waals surface area contributed by atoms with E-state index in [9.17, 15) is 9.59 Å². The average Bonchev–Trinajstić information content (AvgIpc) is 2.61. The summed E-state index contributed by atoms with van der Waals surface area (Å²) in [5, 5.41) is 5.46. The summed E-state index contributed by atoms with van der Waals surface area (Å²) >= 11 is 0. The van der Waals surface area contributed by atoms with Crippen LogP contribution >= 0.6 is 0 Å². The van der Waals surface area contributed by atoms with Crippen LogP contribution < -0.4 is 10.6 Å². The Morgan fingerprint density at radius 3 is 2.58 bits per heavy atom. The van der Waals surface area contributed by atoms with Crippen molar-refractivity contribution in [2.45, 2.75) is 6.92 Å². The average molecular weight is 320 g/mol. The van der Waals surface area contributed by atoms with Gasteiger partial charge in [0.05, 0.1) is 17.2 Å². The summed E-state index contributed by atoms with van der Waals surface area (Å²) in [5.41, 5.74) is 2.61. The van der Waals surface area contributed by atoms with E-state index in [1.54, 1.807) is 30.3 Å². The number of hydrogen-bond acceptors (Lipinski definition) is 4. The van der Waals surface area contributed by atoms with E-state index in [4.69, 9.17) is 0 Å². The van der Waals surface area contributed by atoms with Gasteiger partial charge in [-0.2, -0.15) is 0 Å². The minimum Gasteiger partial charge on any atom is -0.352 e. The maximum atomic E-state index is 12.4.